The zero-order chi connectivity index (χ0) is 17.1. The van der Waals surface area contributed by atoms with Crippen molar-refractivity contribution in [2.75, 3.05) is 31.1 Å². The van der Waals surface area contributed by atoms with Gasteiger partial charge >= 0.3 is 0 Å². The molecule has 0 radical (unpaired) electrons. The van der Waals surface area contributed by atoms with Crippen molar-refractivity contribution in [2.24, 2.45) is 0 Å². The first-order chi connectivity index (χ1) is 11.5. The molecular formula is C19H20Cl2N2O. The van der Waals surface area contributed by atoms with Crippen LogP contribution in [0.4, 0.5) is 5.69 Å². The second-order valence-electron chi connectivity index (χ2n) is 6.07. The smallest absolute Gasteiger partial charge is 0.227 e. The number of benzene rings is 2. The van der Waals surface area contributed by atoms with Gasteiger partial charge in [-0.3, -0.25) is 4.79 Å². The quantitative estimate of drug-likeness (QED) is 0.816. The largest absolute Gasteiger partial charge is 0.367 e. The van der Waals surface area contributed by atoms with Crippen molar-refractivity contribution in [3.63, 3.8) is 0 Å². The lowest BCUT2D eigenvalue weighted by molar-refractivity contribution is -0.130. The summed E-state index contributed by atoms with van der Waals surface area (Å²) in [5.74, 6) is 0.182. The molecule has 1 fully saturated rings. The first-order valence-corrected chi connectivity index (χ1v) is 8.82. The zero-order valence-corrected chi connectivity index (χ0v) is 15.1. The highest BCUT2D eigenvalue weighted by atomic mass is 35.5. The highest BCUT2D eigenvalue weighted by molar-refractivity contribution is 6.35. The third-order valence-corrected chi connectivity index (χ3v) is 5.04. The van der Waals surface area contributed by atoms with Gasteiger partial charge in [0.15, 0.2) is 0 Å². The van der Waals surface area contributed by atoms with E-state index in [1.165, 1.54) is 0 Å². The van der Waals surface area contributed by atoms with Gasteiger partial charge in [0, 0.05) is 31.2 Å². The van der Waals surface area contributed by atoms with Crippen LogP contribution in [0.2, 0.25) is 10.0 Å². The Balaban J connectivity index is 1.61. The lowest BCUT2D eigenvalue weighted by atomic mass is 10.1. The molecule has 0 unspecified atom stereocenters. The monoisotopic (exact) mass is 362 g/mol. The normalized spacial score (nSPS) is 14.8. The fraction of sp³-hybridized carbons (Fsp3) is 0.316. The molecule has 0 aliphatic carbocycles. The van der Waals surface area contributed by atoms with Gasteiger partial charge in [0.1, 0.15) is 0 Å². The third kappa shape index (κ3) is 3.85. The van der Waals surface area contributed by atoms with Crippen LogP contribution in [0.5, 0.6) is 0 Å². The molecule has 1 heterocycles. The summed E-state index contributed by atoms with van der Waals surface area (Å²) in [6.45, 7) is 4.97. The van der Waals surface area contributed by atoms with E-state index in [1.807, 2.05) is 48.2 Å². The van der Waals surface area contributed by atoms with Crippen LogP contribution < -0.4 is 4.90 Å². The minimum atomic E-state index is 0.182. The average molecular weight is 363 g/mol. The van der Waals surface area contributed by atoms with Gasteiger partial charge < -0.3 is 9.80 Å². The summed E-state index contributed by atoms with van der Waals surface area (Å²) in [6.07, 6.45) is 0.463. The van der Waals surface area contributed by atoms with Gasteiger partial charge in [-0.15, -0.1) is 0 Å². The Hall–Kier alpha value is -1.71. The second-order valence-corrected chi connectivity index (χ2v) is 6.91. The summed E-state index contributed by atoms with van der Waals surface area (Å²) in [4.78, 5) is 16.7. The molecule has 1 amide bonds. The number of anilines is 1. The number of hydrogen-bond acceptors (Lipinski definition) is 2. The Morgan fingerprint density at radius 2 is 1.75 bits per heavy atom. The number of nitrogens with zero attached hydrogens (tertiary/aromatic N) is 2. The van der Waals surface area contributed by atoms with Gasteiger partial charge in [0.05, 0.1) is 17.1 Å². The van der Waals surface area contributed by atoms with Crippen LogP contribution >= 0.6 is 23.2 Å². The lowest BCUT2D eigenvalue weighted by Gasteiger charge is -2.36. The summed E-state index contributed by atoms with van der Waals surface area (Å²) < 4.78 is 0. The first-order valence-electron chi connectivity index (χ1n) is 8.07. The standard InChI is InChI=1S/C19H20Cl2N2O/c1-14-4-2-3-5-15(14)12-19(24)23-10-8-22(9-11-23)18-13-16(20)6-7-17(18)21/h2-7,13H,8-12H2,1H3. The van der Waals surface area contributed by atoms with E-state index >= 15 is 0 Å². The van der Waals surface area contributed by atoms with Crippen LogP contribution in [0, 0.1) is 6.92 Å². The lowest BCUT2D eigenvalue weighted by Crippen LogP contribution is -2.49. The van der Waals surface area contributed by atoms with E-state index in [9.17, 15) is 4.79 Å². The molecule has 3 rings (SSSR count). The molecule has 1 aliphatic rings. The molecule has 5 heteroatoms. The molecule has 1 aliphatic heterocycles. The maximum atomic E-state index is 12.5. The maximum Gasteiger partial charge on any atom is 0.227 e. The summed E-state index contributed by atoms with van der Waals surface area (Å²) in [7, 11) is 0. The Labute approximate surface area is 152 Å². The Morgan fingerprint density at radius 3 is 2.46 bits per heavy atom. The molecule has 24 heavy (non-hydrogen) atoms. The highest BCUT2D eigenvalue weighted by Gasteiger charge is 2.22. The van der Waals surface area contributed by atoms with E-state index in [1.54, 1.807) is 6.07 Å². The van der Waals surface area contributed by atoms with Gasteiger partial charge in [-0.25, -0.2) is 0 Å². The average Bonchev–Trinajstić information content (AvgIpc) is 2.59. The van der Waals surface area contributed by atoms with Crippen molar-refractivity contribution in [3.8, 4) is 0 Å². The second kappa shape index (κ2) is 7.45. The number of piperazine rings is 1. The van der Waals surface area contributed by atoms with E-state index in [0.717, 1.165) is 29.9 Å². The number of aryl methyl sites for hydroxylation is 1. The molecule has 0 bridgehead atoms. The predicted octanol–water partition coefficient (Wildman–Crippen LogP) is 4.19. The van der Waals surface area contributed by atoms with Crippen molar-refractivity contribution in [1.82, 2.24) is 4.90 Å². The van der Waals surface area contributed by atoms with Gasteiger partial charge in [0.2, 0.25) is 5.91 Å². The number of rotatable bonds is 3. The minimum absolute atomic E-state index is 0.182. The van der Waals surface area contributed by atoms with E-state index in [4.69, 9.17) is 23.2 Å². The van der Waals surface area contributed by atoms with Crippen molar-refractivity contribution in [1.29, 1.82) is 0 Å². The fourth-order valence-electron chi connectivity index (χ4n) is 3.01. The molecule has 0 spiro atoms. The number of carbonyl (C=O) groups is 1. The molecule has 3 nitrogen and oxygen atoms in total. The van der Waals surface area contributed by atoms with E-state index in [2.05, 4.69) is 4.90 Å². The topological polar surface area (TPSA) is 23.6 Å². The fourth-order valence-corrected chi connectivity index (χ4v) is 3.41. The molecular weight excluding hydrogens is 343 g/mol. The van der Waals surface area contributed by atoms with E-state index in [-0.39, 0.29) is 5.91 Å². The Bertz CT molecular complexity index is 740. The first kappa shape index (κ1) is 17.1. The predicted molar refractivity (Wildman–Crippen MR) is 100 cm³/mol. The SMILES string of the molecule is Cc1ccccc1CC(=O)N1CCN(c2cc(Cl)ccc2Cl)CC1. The van der Waals surface area contributed by atoms with Crippen LogP contribution in [0.15, 0.2) is 42.5 Å². The van der Waals surface area contributed by atoms with Crippen molar-refractivity contribution >= 4 is 34.8 Å². The van der Waals surface area contributed by atoms with Crippen molar-refractivity contribution < 1.29 is 4.79 Å². The number of halogens is 2. The Kier molecular flexibility index (Phi) is 5.32. The van der Waals surface area contributed by atoms with Gasteiger partial charge in [-0.05, 0) is 36.2 Å². The van der Waals surface area contributed by atoms with Crippen molar-refractivity contribution in [2.45, 2.75) is 13.3 Å². The van der Waals surface area contributed by atoms with Crippen molar-refractivity contribution in [3.05, 3.63) is 63.6 Å². The minimum Gasteiger partial charge on any atom is -0.367 e. The van der Waals surface area contributed by atoms with Gasteiger partial charge in [-0.1, -0.05) is 47.5 Å². The molecule has 2 aromatic rings. The molecule has 126 valence electrons. The van der Waals surface area contributed by atoms with Crippen LogP contribution in [0.3, 0.4) is 0 Å². The van der Waals surface area contributed by atoms with Crippen LogP contribution in [-0.2, 0) is 11.2 Å². The number of hydrogen-bond donors (Lipinski definition) is 0. The van der Waals surface area contributed by atoms with E-state index in [0.29, 0.717) is 29.6 Å². The molecule has 0 atom stereocenters. The Morgan fingerprint density at radius 1 is 1.04 bits per heavy atom. The molecule has 1 saturated heterocycles. The highest BCUT2D eigenvalue weighted by Crippen LogP contribution is 2.29. The van der Waals surface area contributed by atoms with Gasteiger partial charge in [-0.2, -0.15) is 0 Å². The summed E-state index contributed by atoms with van der Waals surface area (Å²) in [6, 6.07) is 13.5. The van der Waals surface area contributed by atoms with E-state index < -0.39 is 0 Å². The van der Waals surface area contributed by atoms with Gasteiger partial charge in [0.25, 0.3) is 0 Å². The van der Waals surface area contributed by atoms with Crippen LogP contribution in [0.1, 0.15) is 11.1 Å². The molecule has 2 aromatic carbocycles. The van der Waals surface area contributed by atoms with Crippen LogP contribution in [0.25, 0.3) is 0 Å². The summed E-state index contributed by atoms with van der Waals surface area (Å²) >= 11 is 12.3. The maximum absolute atomic E-state index is 12.5. The molecule has 0 N–H and O–H groups in total. The summed E-state index contributed by atoms with van der Waals surface area (Å²) in [5.41, 5.74) is 3.20. The summed E-state index contributed by atoms with van der Waals surface area (Å²) in [5, 5.41) is 1.37. The molecule has 0 aromatic heterocycles. The molecule has 0 saturated carbocycles. The zero-order valence-electron chi connectivity index (χ0n) is 13.6. The third-order valence-electron chi connectivity index (χ3n) is 4.48. The number of amides is 1. The van der Waals surface area contributed by atoms with Crippen LogP contribution in [-0.4, -0.2) is 37.0 Å². The number of carbonyl (C=O) groups excluding carboxylic acids is 1.